The highest BCUT2D eigenvalue weighted by Gasteiger charge is 2.22. The monoisotopic (exact) mass is 550 g/mol. The molecule has 0 radical (unpaired) electrons. The van der Waals surface area contributed by atoms with Crippen LogP contribution in [0, 0.1) is 13.8 Å². The highest BCUT2D eigenvalue weighted by molar-refractivity contribution is 6.09. The number of furan rings is 2. The number of fused-ring (bicyclic) bond motifs is 6. The van der Waals surface area contributed by atoms with Crippen LogP contribution in [0.4, 0.5) is 0 Å². The molecule has 8 rings (SSSR count). The Kier molecular flexibility index (Phi) is 5.15. The lowest BCUT2D eigenvalue weighted by molar-refractivity contribution is 0.524. The lowest BCUT2D eigenvalue weighted by atomic mass is 9.99. The molecule has 0 saturated heterocycles. The van der Waals surface area contributed by atoms with Gasteiger partial charge in [-0.15, -0.1) is 0 Å². The minimum atomic E-state index is -0.479. The molecule has 202 valence electrons. The average Bonchev–Trinajstić information content (AvgIpc) is 3.67. The van der Waals surface area contributed by atoms with Gasteiger partial charge in [-0.1, -0.05) is 60.7 Å². The number of aryl methyl sites for hydroxylation is 2. The van der Waals surface area contributed by atoms with Gasteiger partial charge in [0.15, 0.2) is 11.5 Å². The van der Waals surface area contributed by atoms with Crippen molar-refractivity contribution in [3.63, 3.8) is 0 Å². The molecule has 42 heavy (non-hydrogen) atoms. The molecule has 0 aliphatic rings. The Morgan fingerprint density at radius 3 is 1.29 bits per heavy atom. The van der Waals surface area contributed by atoms with E-state index in [1.165, 1.54) is 0 Å². The topological polar surface area (TPSA) is 86.7 Å². The highest BCUT2D eigenvalue weighted by Crippen LogP contribution is 2.37. The van der Waals surface area contributed by atoms with Crippen molar-refractivity contribution in [2.75, 3.05) is 0 Å². The molecule has 0 aliphatic carbocycles. The molecule has 0 saturated carbocycles. The molecule has 4 aromatic carbocycles. The van der Waals surface area contributed by atoms with Crippen molar-refractivity contribution in [1.82, 2.24) is 0 Å². The van der Waals surface area contributed by atoms with Crippen molar-refractivity contribution < 1.29 is 17.7 Å². The van der Waals surface area contributed by atoms with Crippen LogP contribution < -0.4 is 11.3 Å². The normalized spacial score (nSPS) is 11.8. The molecule has 0 N–H and O–H groups in total. The van der Waals surface area contributed by atoms with Crippen molar-refractivity contribution in [2.45, 2.75) is 13.8 Å². The zero-order valence-electron chi connectivity index (χ0n) is 22.7. The Balaban J connectivity index is 1.24. The lowest BCUT2D eigenvalue weighted by Gasteiger charge is -2.09. The molecule has 0 bridgehead atoms. The van der Waals surface area contributed by atoms with Gasteiger partial charge in [-0.2, -0.15) is 0 Å². The van der Waals surface area contributed by atoms with Crippen molar-refractivity contribution in [2.24, 2.45) is 0 Å². The smallest absolute Gasteiger partial charge is 0.347 e. The molecule has 0 fully saturated rings. The molecule has 4 aromatic heterocycles. The van der Waals surface area contributed by atoms with E-state index >= 15 is 0 Å². The van der Waals surface area contributed by atoms with Crippen LogP contribution >= 0.6 is 0 Å². The molecule has 0 unspecified atom stereocenters. The van der Waals surface area contributed by atoms with Gasteiger partial charge in [-0.05, 0) is 82.9 Å². The van der Waals surface area contributed by atoms with Gasteiger partial charge in [0.1, 0.15) is 33.8 Å². The summed E-state index contributed by atoms with van der Waals surface area (Å²) in [5.74, 6) is 1.58. The van der Waals surface area contributed by atoms with Crippen LogP contribution in [0.1, 0.15) is 11.1 Å². The molecule has 0 atom stereocenters. The number of hydrogen-bond acceptors (Lipinski definition) is 6. The Bertz CT molecular complexity index is 2310. The summed E-state index contributed by atoms with van der Waals surface area (Å²) in [5.41, 5.74) is 2.36. The van der Waals surface area contributed by atoms with Gasteiger partial charge in [0.25, 0.3) is 0 Å². The van der Waals surface area contributed by atoms with Crippen LogP contribution in [-0.2, 0) is 0 Å². The summed E-state index contributed by atoms with van der Waals surface area (Å²) in [6.07, 6.45) is 0. The van der Waals surface area contributed by atoms with E-state index in [-0.39, 0.29) is 0 Å². The molecule has 6 nitrogen and oxygen atoms in total. The number of benzene rings is 4. The van der Waals surface area contributed by atoms with Crippen LogP contribution in [-0.4, -0.2) is 0 Å². The van der Waals surface area contributed by atoms with Crippen molar-refractivity contribution >= 4 is 43.5 Å². The fourth-order valence-electron chi connectivity index (χ4n) is 6.08. The number of hydrogen-bond donors (Lipinski definition) is 0. The summed E-state index contributed by atoms with van der Waals surface area (Å²) in [6.45, 7) is 3.80. The quantitative estimate of drug-likeness (QED) is 0.161. The van der Waals surface area contributed by atoms with Crippen molar-refractivity contribution in [1.29, 1.82) is 0 Å². The zero-order chi connectivity index (χ0) is 28.5. The Morgan fingerprint density at radius 1 is 0.429 bits per heavy atom. The summed E-state index contributed by atoms with van der Waals surface area (Å²) < 4.78 is 23.8. The van der Waals surface area contributed by atoms with E-state index in [0.717, 1.165) is 43.4 Å². The van der Waals surface area contributed by atoms with Crippen molar-refractivity contribution in [3.8, 4) is 34.2 Å². The minimum absolute atomic E-state index is 0.356. The summed E-state index contributed by atoms with van der Waals surface area (Å²) in [4.78, 5) is 26.2. The van der Waals surface area contributed by atoms with Crippen LogP contribution in [0.5, 0.6) is 0 Å². The maximum atomic E-state index is 13.1. The van der Waals surface area contributed by atoms with E-state index in [9.17, 15) is 9.59 Å². The third-order valence-electron chi connectivity index (χ3n) is 8.04. The van der Waals surface area contributed by atoms with E-state index in [4.69, 9.17) is 17.7 Å². The molecular weight excluding hydrogens is 528 g/mol. The van der Waals surface area contributed by atoms with Crippen LogP contribution in [0.25, 0.3) is 77.7 Å². The lowest BCUT2D eigenvalue weighted by Crippen LogP contribution is -2.05. The number of rotatable bonds is 3. The van der Waals surface area contributed by atoms with Gasteiger partial charge >= 0.3 is 11.3 Å². The van der Waals surface area contributed by atoms with Gasteiger partial charge in [0.2, 0.25) is 0 Å². The Morgan fingerprint density at radius 2 is 0.833 bits per heavy atom. The van der Waals surface area contributed by atoms with Gasteiger partial charge in [0.05, 0.1) is 0 Å². The fourth-order valence-corrected chi connectivity index (χ4v) is 6.08. The third-order valence-corrected chi connectivity index (χ3v) is 8.04. The highest BCUT2D eigenvalue weighted by atomic mass is 16.4. The third kappa shape index (κ3) is 3.52. The van der Waals surface area contributed by atoms with E-state index in [2.05, 4.69) is 0 Å². The van der Waals surface area contributed by atoms with Crippen molar-refractivity contribution in [3.05, 3.63) is 129 Å². The summed E-state index contributed by atoms with van der Waals surface area (Å²) >= 11 is 0. The molecule has 8 aromatic rings. The van der Waals surface area contributed by atoms with Gasteiger partial charge < -0.3 is 17.7 Å². The minimum Gasteiger partial charge on any atom is -0.453 e. The predicted octanol–water partition coefficient (Wildman–Crippen LogP) is 9.01. The summed E-state index contributed by atoms with van der Waals surface area (Å²) in [6, 6.07) is 30.4. The van der Waals surface area contributed by atoms with E-state index < -0.39 is 11.3 Å². The molecular formula is C36H22O6. The SMILES string of the molecule is Cc1c(-c2ccc(-c3ccc(-c4c(C)c5c(ccc6ccccc65)oc4=O)o3)o2)c(=O)oc2ccc3ccccc3c12. The first-order valence-electron chi connectivity index (χ1n) is 13.6. The molecule has 6 heteroatoms. The fraction of sp³-hybridized carbons (Fsp3) is 0.0556. The zero-order valence-corrected chi connectivity index (χ0v) is 22.7. The summed E-state index contributed by atoms with van der Waals surface area (Å²) in [5, 5.41) is 5.84. The average molecular weight is 551 g/mol. The molecule has 0 amide bonds. The maximum absolute atomic E-state index is 13.1. The second-order valence-corrected chi connectivity index (χ2v) is 10.4. The first kappa shape index (κ1) is 24.2. The van der Waals surface area contributed by atoms with Gasteiger partial charge in [0, 0.05) is 10.8 Å². The van der Waals surface area contributed by atoms with Crippen LogP contribution in [0.3, 0.4) is 0 Å². The van der Waals surface area contributed by atoms with E-state index in [1.54, 1.807) is 24.3 Å². The van der Waals surface area contributed by atoms with Gasteiger partial charge in [-0.25, -0.2) is 9.59 Å². The standard InChI is InChI=1S/C36H22O6/c1-19-31-23-9-5-3-7-21(23)11-13-27(31)41-35(37)33(19)29-17-15-25(39-29)26-16-18-30(40-26)34-20(2)32-24-10-6-4-8-22(24)12-14-28(32)42-36(34)38/h3-18H,1-2H3. The Labute approximate surface area is 238 Å². The summed E-state index contributed by atoms with van der Waals surface area (Å²) in [7, 11) is 0. The Hall–Kier alpha value is -5.62. The van der Waals surface area contributed by atoms with Crippen LogP contribution in [0.15, 0.2) is 124 Å². The van der Waals surface area contributed by atoms with Gasteiger partial charge in [-0.3, -0.25) is 0 Å². The maximum Gasteiger partial charge on any atom is 0.347 e. The van der Waals surface area contributed by atoms with E-state index in [1.807, 2.05) is 86.6 Å². The molecule has 0 spiro atoms. The molecule has 0 aliphatic heterocycles. The largest absolute Gasteiger partial charge is 0.453 e. The van der Waals surface area contributed by atoms with Crippen LogP contribution in [0.2, 0.25) is 0 Å². The second kappa shape index (κ2) is 8.94. The second-order valence-electron chi connectivity index (χ2n) is 10.4. The first-order valence-corrected chi connectivity index (χ1v) is 13.6. The van der Waals surface area contributed by atoms with E-state index in [0.29, 0.717) is 45.3 Å². The predicted molar refractivity (Wildman–Crippen MR) is 164 cm³/mol. The first-order chi connectivity index (χ1) is 20.5. The molecule has 4 heterocycles.